The molecule has 1 aromatic heterocycles. The highest BCUT2D eigenvalue weighted by Crippen LogP contribution is 2.22. The lowest BCUT2D eigenvalue weighted by molar-refractivity contribution is 0.726. The molecule has 96 valence electrons. The minimum atomic E-state index is 0.693. The number of hydrogen-bond donors (Lipinski definition) is 1. The van der Waals surface area contributed by atoms with E-state index < -0.39 is 0 Å². The van der Waals surface area contributed by atoms with Crippen LogP contribution in [-0.4, -0.2) is 21.3 Å². The number of nitrogens with one attached hydrogen (secondary N) is 1. The van der Waals surface area contributed by atoms with Crippen LogP contribution in [0, 0.1) is 13.8 Å². The maximum atomic E-state index is 6.31. The van der Waals surface area contributed by atoms with E-state index in [-0.39, 0.29) is 0 Å². The Morgan fingerprint density at radius 3 is 2.67 bits per heavy atom. The highest BCUT2D eigenvalue weighted by atomic mass is 35.5. The molecule has 0 unspecified atom stereocenters. The molecule has 0 saturated heterocycles. The highest BCUT2D eigenvalue weighted by molar-refractivity contribution is 6.32. The largest absolute Gasteiger partial charge is 0.313 e. The first-order valence-corrected chi connectivity index (χ1v) is 6.39. The van der Waals surface area contributed by atoms with Gasteiger partial charge in [0.05, 0.1) is 10.7 Å². The molecule has 1 aromatic carbocycles. The van der Waals surface area contributed by atoms with Gasteiger partial charge in [0.2, 0.25) is 0 Å². The van der Waals surface area contributed by atoms with Crippen LogP contribution in [-0.2, 0) is 6.54 Å². The number of benzene rings is 1. The predicted molar refractivity (Wildman–Crippen MR) is 73.2 cm³/mol. The smallest absolute Gasteiger partial charge is 0.148 e. The zero-order valence-electron chi connectivity index (χ0n) is 10.9. The van der Waals surface area contributed by atoms with Gasteiger partial charge in [-0.15, -0.1) is 0 Å². The van der Waals surface area contributed by atoms with Gasteiger partial charge in [0.25, 0.3) is 0 Å². The van der Waals surface area contributed by atoms with Gasteiger partial charge in [0.1, 0.15) is 11.6 Å². The van der Waals surface area contributed by atoms with Gasteiger partial charge >= 0.3 is 0 Å². The summed E-state index contributed by atoms with van der Waals surface area (Å²) in [5.41, 5.74) is 2.04. The van der Waals surface area contributed by atoms with Crippen LogP contribution in [0.5, 0.6) is 0 Å². The Morgan fingerprint density at radius 2 is 2.11 bits per heavy atom. The van der Waals surface area contributed by atoms with Crippen molar-refractivity contribution in [3.05, 3.63) is 40.4 Å². The predicted octanol–water partition coefficient (Wildman–Crippen LogP) is 2.65. The second-order valence-electron chi connectivity index (χ2n) is 4.18. The van der Waals surface area contributed by atoms with Gasteiger partial charge in [-0.3, -0.25) is 0 Å². The summed E-state index contributed by atoms with van der Waals surface area (Å²) in [6.07, 6.45) is 0. The summed E-state index contributed by atoms with van der Waals surface area (Å²) in [5.74, 6) is 1.59. The summed E-state index contributed by atoms with van der Waals surface area (Å²) in [6.45, 7) is 7.64. The van der Waals surface area contributed by atoms with Crippen molar-refractivity contribution in [1.82, 2.24) is 20.1 Å². The van der Waals surface area contributed by atoms with Crippen molar-refractivity contribution < 1.29 is 0 Å². The third-order valence-electron chi connectivity index (χ3n) is 2.69. The molecule has 18 heavy (non-hydrogen) atoms. The summed E-state index contributed by atoms with van der Waals surface area (Å²) < 4.78 is 1.77. The molecular formula is C13H17ClN4. The van der Waals surface area contributed by atoms with Gasteiger partial charge in [0.15, 0.2) is 0 Å². The van der Waals surface area contributed by atoms with Crippen molar-refractivity contribution in [3.8, 4) is 5.69 Å². The van der Waals surface area contributed by atoms with Crippen molar-refractivity contribution in [2.75, 3.05) is 6.54 Å². The Balaban J connectivity index is 2.32. The van der Waals surface area contributed by atoms with Crippen LogP contribution in [0.15, 0.2) is 18.2 Å². The molecule has 0 atom stereocenters. The molecule has 4 nitrogen and oxygen atoms in total. The lowest BCUT2D eigenvalue weighted by atomic mass is 10.2. The number of hydrogen-bond acceptors (Lipinski definition) is 3. The number of nitrogens with zero attached hydrogens (tertiary/aromatic N) is 3. The van der Waals surface area contributed by atoms with Crippen molar-refractivity contribution >= 4 is 11.6 Å². The fourth-order valence-corrected chi connectivity index (χ4v) is 2.13. The normalized spacial score (nSPS) is 10.9. The Labute approximate surface area is 112 Å². The van der Waals surface area contributed by atoms with Crippen LogP contribution in [0.3, 0.4) is 0 Å². The van der Waals surface area contributed by atoms with E-state index in [0.717, 1.165) is 30.4 Å². The van der Waals surface area contributed by atoms with E-state index in [0.29, 0.717) is 5.02 Å². The van der Waals surface area contributed by atoms with E-state index in [9.17, 15) is 0 Å². The maximum absolute atomic E-state index is 6.31. The second-order valence-corrected chi connectivity index (χ2v) is 4.59. The fraction of sp³-hybridized carbons (Fsp3) is 0.385. The molecule has 0 radical (unpaired) electrons. The molecule has 0 aliphatic carbocycles. The van der Waals surface area contributed by atoms with E-state index in [1.165, 1.54) is 5.56 Å². The van der Waals surface area contributed by atoms with Gasteiger partial charge in [-0.2, -0.15) is 5.10 Å². The zero-order valence-corrected chi connectivity index (χ0v) is 11.6. The monoisotopic (exact) mass is 264 g/mol. The van der Waals surface area contributed by atoms with E-state index in [4.69, 9.17) is 11.6 Å². The number of rotatable bonds is 4. The summed E-state index contributed by atoms with van der Waals surface area (Å²) in [5, 5.41) is 8.30. The van der Waals surface area contributed by atoms with Crippen molar-refractivity contribution in [2.24, 2.45) is 0 Å². The summed E-state index contributed by atoms with van der Waals surface area (Å²) in [7, 11) is 0. The minimum Gasteiger partial charge on any atom is -0.313 e. The second kappa shape index (κ2) is 5.50. The molecule has 0 aliphatic rings. The Hall–Kier alpha value is -1.39. The molecule has 5 heteroatoms. The molecule has 2 rings (SSSR count). The Kier molecular flexibility index (Phi) is 3.99. The van der Waals surface area contributed by atoms with E-state index in [2.05, 4.69) is 28.4 Å². The molecule has 0 spiro atoms. The average molecular weight is 265 g/mol. The average Bonchev–Trinajstić information content (AvgIpc) is 2.66. The van der Waals surface area contributed by atoms with Gasteiger partial charge in [-0.1, -0.05) is 24.6 Å². The molecule has 0 bridgehead atoms. The Bertz CT molecular complexity index is 548. The molecule has 1 N–H and O–H groups in total. The van der Waals surface area contributed by atoms with E-state index >= 15 is 0 Å². The number of halogens is 1. The van der Waals surface area contributed by atoms with E-state index in [1.807, 2.05) is 26.0 Å². The van der Waals surface area contributed by atoms with Crippen LogP contribution in [0.25, 0.3) is 5.69 Å². The quantitative estimate of drug-likeness (QED) is 0.923. The highest BCUT2D eigenvalue weighted by Gasteiger charge is 2.09. The van der Waals surface area contributed by atoms with Crippen molar-refractivity contribution in [3.63, 3.8) is 0 Å². The lowest BCUT2D eigenvalue weighted by Crippen LogP contribution is -2.12. The summed E-state index contributed by atoms with van der Waals surface area (Å²) >= 11 is 6.31. The maximum Gasteiger partial charge on any atom is 0.148 e. The first-order valence-electron chi connectivity index (χ1n) is 6.01. The third-order valence-corrected chi connectivity index (χ3v) is 3.00. The van der Waals surface area contributed by atoms with Crippen LogP contribution in [0.2, 0.25) is 5.02 Å². The van der Waals surface area contributed by atoms with Crippen LogP contribution >= 0.6 is 11.6 Å². The van der Waals surface area contributed by atoms with Gasteiger partial charge in [0, 0.05) is 6.54 Å². The standard InChI is InChI=1S/C13H17ClN4/c1-4-15-8-11-5-6-13(12(14)7-11)18-10(3)16-9(2)17-18/h5-7,15H,4,8H2,1-3H3. The first-order chi connectivity index (χ1) is 8.61. The van der Waals surface area contributed by atoms with Gasteiger partial charge in [-0.05, 0) is 38.1 Å². The third kappa shape index (κ3) is 2.71. The number of aryl methyl sites for hydroxylation is 2. The zero-order chi connectivity index (χ0) is 13.1. The van der Waals surface area contributed by atoms with Gasteiger partial charge < -0.3 is 5.32 Å². The molecule has 1 heterocycles. The van der Waals surface area contributed by atoms with Crippen molar-refractivity contribution in [1.29, 1.82) is 0 Å². The van der Waals surface area contributed by atoms with E-state index in [1.54, 1.807) is 4.68 Å². The molecule has 0 aliphatic heterocycles. The van der Waals surface area contributed by atoms with Crippen molar-refractivity contribution in [2.45, 2.75) is 27.3 Å². The molecular weight excluding hydrogens is 248 g/mol. The summed E-state index contributed by atoms with van der Waals surface area (Å²) in [4.78, 5) is 4.28. The SMILES string of the molecule is CCNCc1ccc(-n2nc(C)nc2C)c(Cl)c1. The summed E-state index contributed by atoms with van der Waals surface area (Å²) in [6, 6.07) is 6.01. The fourth-order valence-electron chi connectivity index (χ4n) is 1.85. The van der Waals surface area contributed by atoms with Crippen LogP contribution in [0.1, 0.15) is 24.1 Å². The van der Waals surface area contributed by atoms with Crippen LogP contribution < -0.4 is 5.32 Å². The molecule has 0 fully saturated rings. The van der Waals surface area contributed by atoms with Gasteiger partial charge in [-0.25, -0.2) is 9.67 Å². The lowest BCUT2D eigenvalue weighted by Gasteiger charge is -2.08. The molecule has 2 aromatic rings. The number of aromatic nitrogens is 3. The molecule has 0 amide bonds. The minimum absolute atomic E-state index is 0.693. The first kappa shape index (κ1) is 13.1. The molecule has 0 saturated carbocycles. The van der Waals surface area contributed by atoms with Crippen LogP contribution in [0.4, 0.5) is 0 Å². The Morgan fingerprint density at radius 1 is 1.33 bits per heavy atom. The topological polar surface area (TPSA) is 42.7 Å².